The van der Waals surface area contributed by atoms with E-state index in [1.165, 1.54) is 0 Å². The molecule has 0 aromatic heterocycles. The summed E-state index contributed by atoms with van der Waals surface area (Å²) in [4.78, 5) is 0. The lowest BCUT2D eigenvalue weighted by atomic mass is 9.94. The van der Waals surface area contributed by atoms with Crippen molar-refractivity contribution in [3.8, 4) is 0 Å². The molecule has 0 saturated carbocycles. The zero-order chi connectivity index (χ0) is 8.10. The Morgan fingerprint density at radius 2 is 2.18 bits per heavy atom. The molecule has 1 aliphatic rings. The Bertz CT molecular complexity index is 104. The van der Waals surface area contributed by atoms with Crippen LogP contribution in [0.5, 0.6) is 0 Å². The second-order valence-electron chi connectivity index (χ2n) is 3.06. The van der Waals surface area contributed by atoms with Crippen LogP contribution in [0.25, 0.3) is 0 Å². The number of rotatable bonds is 3. The summed E-state index contributed by atoms with van der Waals surface area (Å²) in [6, 6.07) is 0. The summed E-state index contributed by atoms with van der Waals surface area (Å²) in [6.07, 6.45) is 1.14. The van der Waals surface area contributed by atoms with Crippen molar-refractivity contribution in [1.29, 1.82) is 0 Å². The molecule has 0 radical (unpaired) electrons. The lowest BCUT2D eigenvalue weighted by molar-refractivity contribution is 0.0760. The molecule has 1 unspecified atom stereocenters. The number of alkyl halides is 1. The van der Waals surface area contributed by atoms with Crippen molar-refractivity contribution < 1.29 is 9.13 Å². The van der Waals surface area contributed by atoms with Crippen LogP contribution in [-0.2, 0) is 4.74 Å². The summed E-state index contributed by atoms with van der Waals surface area (Å²) in [5, 5.41) is 3.20. The zero-order valence-electron chi connectivity index (χ0n) is 6.98. The lowest BCUT2D eigenvalue weighted by Crippen LogP contribution is -2.34. The monoisotopic (exact) mass is 161 g/mol. The maximum atomic E-state index is 13.1. The zero-order valence-corrected chi connectivity index (χ0v) is 6.98. The number of halogens is 1. The van der Waals surface area contributed by atoms with Crippen molar-refractivity contribution in [2.45, 2.75) is 19.0 Å². The Morgan fingerprint density at radius 1 is 1.55 bits per heavy atom. The molecule has 11 heavy (non-hydrogen) atoms. The molecular weight excluding hydrogens is 145 g/mol. The van der Waals surface area contributed by atoms with Gasteiger partial charge in [-0.15, -0.1) is 0 Å². The first kappa shape index (κ1) is 8.94. The van der Waals surface area contributed by atoms with E-state index >= 15 is 0 Å². The maximum Gasteiger partial charge on any atom is 0.126 e. The minimum atomic E-state index is -0.762. The van der Waals surface area contributed by atoms with Crippen LogP contribution in [0.4, 0.5) is 4.39 Å². The standard InChI is InChI=1S/C8H16FNO/c1-11-6-8(9)7-2-4-10-5-3-7/h7-8,10H,2-6H2,1H3. The molecular formula is C8H16FNO. The predicted octanol–water partition coefficient (Wildman–Crippen LogP) is 0.971. The van der Waals surface area contributed by atoms with E-state index in [-0.39, 0.29) is 12.5 Å². The molecule has 1 N–H and O–H groups in total. The van der Waals surface area contributed by atoms with Crippen molar-refractivity contribution >= 4 is 0 Å². The maximum absolute atomic E-state index is 13.1. The molecule has 0 aromatic carbocycles. The molecule has 1 rings (SSSR count). The predicted molar refractivity (Wildman–Crippen MR) is 42.4 cm³/mol. The Hall–Kier alpha value is -0.150. The minimum Gasteiger partial charge on any atom is -0.382 e. The second kappa shape index (κ2) is 4.67. The number of nitrogens with one attached hydrogen (secondary N) is 1. The number of methoxy groups -OCH3 is 1. The smallest absolute Gasteiger partial charge is 0.126 e. The van der Waals surface area contributed by atoms with E-state index in [1.54, 1.807) is 7.11 Å². The summed E-state index contributed by atoms with van der Waals surface area (Å²) >= 11 is 0. The van der Waals surface area contributed by atoms with Gasteiger partial charge in [-0.2, -0.15) is 0 Å². The normalized spacial score (nSPS) is 23.5. The van der Waals surface area contributed by atoms with Gasteiger partial charge in [-0.1, -0.05) is 0 Å². The van der Waals surface area contributed by atoms with E-state index in [1.807, 2.05) is 0 Å². The van der Waals surface area contributed by atoms with Gasteiger partial charge >= 0.3 is 0 Å². The van der Waals surface area contributed by atoms with Gasteiger partial charge in [0.2, 0.25) is 0 Å². The third-order valence-corrected chi connectivity index (χ3v) is 2.22. The van der Waals surface area contributed by atoms with Gasteiger partial charge < -0.3 is 10.1 Å². The van der Waals surface area contributed by atoms with Crippen molar-refractivity contribution in [2.24, 2.45) is 5.92 Å². The van der Waals surface area contributed by atoms with Gasteiger partial charge in [0, 0.05) is 7.11 Å². The van der Waals surface area contributed by atoms with Crippen LogP contribution in [0.15, 0.2) is 0 Å². The van der Waals surface area contributed by atoms with Crippen molar-refractivity contribution in [1.82, 2.24) is 5.32 Å². The topological polar surface area (TPSA) is 21.3 Å². The number of hydrogen-bond acceptors (Lipinski definition) is 2. The summed E-state index contributed by atoms with van der Waals surface area (Å²) in [5.41, 5.74) is 0. The summed E-state index contributed by atoms with van der Waals surface area (Å²) in [5.74, 6) is 0.219. The summed E-state index contributed by atoms with van der Waals surface area (Å²) in [7, 11) is 1.55. The Morgan fingerprint density at radius 3 is 2.73 bits per heavy atom. The van der Waals surface area contributed by atoms with Crippen LogP contribution in [0.3, 0.4) is 0 Å². The second-order valence-corrected chi connectivity index (χ2v) is 3.06. The van der Waals surface area contributed by atoms with Crippen molar-refractivity contribution in [3.05, 3.63) is 0 Å². The Balaban J connectivity index is 2.21. The number of ether oxygens (including phenoxy) is 1. The SMILES string of the molecule is COCC(F)C1CCNCC1. The molecule has 1 fully saturated rings. The first-order valence-corrected chi connectivity index (χ1v) is 4.18. The van der Waals surface area contributed by atoms with Crippen molar-refractivity contribution in [3.63, 3.8) is 0 Å². The van der Waals surface area contributed by atoms with Gasteiger partial charge in [-0.3, -0.25) is 0 Å². The fourth-order valence-electron chi connectivity index (χ4n) is 1.50. The van der Waals surface area contributed by atoms with E-state index in [9.17, 15) is 4.39 Å². The molecule has 1 aliphatic heterocycles. The van der Waals surface area contributed by atoms with Crippen LogP contribution < -0.4 is 5.32 Å². The van der Waals surface area contributed by atoms with E-state index in [0.29, 0.717) is 0 Å². The number of hydrogen-bond donors (Lipinski definition) is 1. The average molecular weight is 161 g/mol. The lowest BCUT2D eigenvalue weighted by Gasteiger charge is -2.25. The van der Waals surface area contributed by atoms with Gasteiger partial charge in [-0.05, 0) is 31.8 Å². The third kappa shape index (κ3) is 2.75. The van der Waals surface area contributed by atoms with E-state index < -0.39 is 6.17 Å². The van der Waals surface area contributed by atoms with E-state index in [2.05, 4.69) is 5.32 Å². The van der Waals surface area contributed by atoms with Crippen molar-refractivity contribution in [2.75, 3.05) is 26.8 Å². The van der Waals surface area contributed by atoms with Gasteiger partial charge in [-0.25, -0.2) is 4.39 Å². The van der Waals surface area contributed by atoms with Gasteiger partial charge in [0.1, 0.15) is 6.17 Å². The molecule has 1 saturated heterocycles. The summed E-state index contributed by atoms with van der Waals surface area (Å²) < 4.78 is 17.9. The number of piperidine rings is 1. The van der Waals surface area contributed by atoms with Gasteiger partial charge in [0.25, 0.3) is 0 Å². The highest BCUT2D eigenvalue weighted by atomic mass is 19.1. The molecule has 3 heteroatoms. The Kier molecular flexibility index (Phi) is 3.80. The van der Waals surface area contributed by atoms with Crippen LogP contribution in [0, 0.1) is 5.92 Å². The molecule has 0 spiro atoms. The quantitative estimate of drug-likeness (QED) is 0.666. The molecule has 0 aliphatic carbocycles. The highest BCUT2D eigenvalue weighted by Gasteiger charge is 2.22. The van der Waals surface area contributed by atoms with Crippen LogP contribution in [0.2, 0.25) is 0 Å². The molecule has 0 aromatic rings. The van der Waals surface area contributed by atoms with E-state index in [0.717, 1.165) is 25.9 Å². The van der Waals surface area contributed by atoms with Crippen LogP contribution in [0.1, 0.15) is 12.8 Å². The van der Waals surface area contributed by atoms with Gasteiger partial charge in [0.15, 0.2) is 0 Å². The summed E-state index contributed by atoms with van der Waals surface area (Å²) in [6.45, 7) is 2.16. The molecule has 66 valence electrons. The van der Waals surface area contributed by atoms with Crippen LogP contribution in [-0.4, -0.2) is 33.0 Å². The van der Waals surface area contributed by atoms with Crippen LogP contribution >= 0.6 is 0 Å². The van der Waals surface area contributed by atoms with E-state index in [4.69, 9.17) is 4.74 Å². The minimum absolute atomic E-state index is 0.219. The highest BCUT2D eigenvalue weighted by molar-refractivity contribution is 4.74. The first-order chi connectivity index (χ1) is 5.34. The molecule has 1 heterocycles. The van der Waals surface area contributed by atoms with Gasteiger partial charge in [0.05, 0.1) is 6.61 Å². The first-order valence-electron chi connectivity index (χ1n) is 4.18. The fourth-order valence-corrected chi connectivity index (χ4v) is 1.50. The molecule has 0 bridgehead atoms. The molecule has 1 atom stereocenters. The molecule has 2 nitrogen and oxygen atoms in total. The highest BCUT2D eigenvalue weighted by Crippen LogP contribution is 2.18. The Labute approximate surface area is 67.1 Å². The molecule has 0 amide bonds. The third-order valence-electron chi connectivity index (χ3n) is 2.22. The largest absolute Gasteiger partial charge is 0.382 e. The average Bonchev–Trinajstić information content (AvgIpc) is 2.07. The fraction of sp³-hybridized carbons (Fsp3) is 1.00.